The molecule has 8 heteroatoms. The third-order valence-electron chi connectivity index (χ3n) is 5.60. The molecule has 1 amide bonds. The van der Waals surface area contributed by atoms with Gasteiger partial charge in [-0.2, -0.15) is 5.10 Å². The van der Waals surface area contributed by atoms with Crippen molar-refractivity contribution >= 4 is 27.3 Å². The second kappa shape index (κ2) is 11.8. The van der Waals surface area contributed by atoms with Crippen molar-refractivity contribution in [2.24, 2.45) is 5.10 Å². The topological polar surface area (TPSA) is 88.1 Å². The van der Waals surface area contributed by atoms with Gasteiger partial charge in [0, 0.05) is 5.71 Å². The smallest absolute Gasteiger partial charge is 0.264 e. The molecular weight excluding hydrogens is 438 g/mol. The number of aryl methyl sites for hydroxylation is 1. The maximum atomic E-state index is 13.6. The van der Waals surface area contributed by atoms with Crippen molar-refractivity contribution in [3.63, 3.8) is 0 Å². The van der Waals surface area contributed by atoms with Crippen LogP contribution in [-0.4, -0.2) is 33.2 Å². The van der Waals surface area contributed by atoms with E-state index < -0.39 is 22.5 Å². The molecule has 0 aromatic heterocycles. The number of hydrazone groups is 1. The summed E-state index contributed by atoms with van der Waals surface area (Å²) in [6, 6.07) is 13.4. The van der Waals surface area contributed by atoms with Crippen LogP contribution in [0.2, 0.25) is 0 Å². The Morgan fingerprint density at radius 3 is 2.30 bits per heavy atom. The summed E-state index contributed by atoms with van der Waals surface area (Å²) in [6.07, 6.45) is 7.42. The van der Waals surface area contributed by atoms with Crippen molar-refractivity contribution in [3.8, 4) is 5.75 Å². The lowest BCUT2D eigenvalue weighted by atomic mass is 9.99. The van der Waals surface area contributed by atoms with Crippen LogP contribution >= 0.6 is 0 Å². The number of hydrogen-bond donors (Lipinski definition) is 1. The van der Waals surface area contributed by atoms with Crippen molar-refractivity contribution in [3.05, 3.63) is 54.1 Å². The quantitative estimate of drug-likeness (QED) is 0.560. The zero-order chi connectivity index (χ0) is 23.7. The first kappa shape index (κ1) is 24.8. The Morgan fingerprint density at radius 1 is 1.00 bits per heavy atom. The number of hydrogen-bond acceptors (Lipinski definition) is 5. The summed E-state index contributed by atoms with van der Waals surface area (Å²) in [5.74, 6) is -0.0960. The van der Waals surface area contributed by atoms with Gasteiger partial charge in [-0.1, -0.05) is 49.1 Å². The van der Waals surface area contributed by atoms with Gasteiger partial charge >= 0.3 is 0 Å². The van der Waals surface area contributed by atoms with Crippen LogP contribution in [0.4, 0.5) is 5.69 Å². The number of amides is 1. The van der Waals surface area contributed by atoms with Gasteiger partial charge in [0.05, 0.1) is 17.2 Å². The third-order valence-corrected chi connectivity index (χ3v) is 7.37. The Balaban J connectivity index is 1.89. The highest BCUT2D eigenvalue weighted by atomic mass is 32.2. The molecule has 1 fully saturated rings. The van der Waals surface area contributed by atoms with Crippen molar-refractivity contribution < 1.29 is 17.9 Å². The van der Waals surface area contributed by atoms with E-state index in [-0.39, 0.29) is 4.90 Å². The minimum Gasteiger partial charge on any atom is -0.492 e. The number of nitrogens with one attached hydrogen (secondary N) is 1. The molecule has 2 aromatic rings. The highest BCUT2D eigenvalue weighted by molar-refractivity contribution is 7.92. The van der Waals surface area contributed by atoms with E-state index in [4.69, 9.17) is 4.74 Å². The fraction of sp³-hybridized carbons (Fsp3) is 0.440. The number of rotatable bonds is 8. The molecule has 1 aliphatic carbocycles. The minimum atomic E-state index is -4.02. The highest BCUT2D eigenvalue weighted by Gasteiger charge is 2.29. The average molecular weight is 472 g/mol. The summed E-state index contributed by atoms with van der Waals surface area (Å²) in [6.45, 7) is 3.68. The second-order valence-electron chi connectivity index (χ2n) is 8.21. The zero-order valence-electron chi connectivity index (χ0n) is 19.4. The second-order valence-corrected chi connectivity index (χ2v) is 10.1. The van der Waals surface area contributed by atoms with Crippen molar-refractivity contribution in [2.45, 2.75) is 63.7 Å². The van der Waals surface area contributed by atoms with Gasteiger partial charge in [-0.15, -0.1) is 0 Å². The molecule has 33 heavy (non-hydrogen) atoms. The van der Waals surface area contributed by atoms with E-state index in [0.717, 1.165) is 41.3 Å². The fourth-order valence-corrected chi connectivity index (χ4v) is 5.24. The van der Waals surface area contributed by atoms with E-state index in [0.29, 0.717) is 18.0 Å². The molecule has 0 radical (unpaired) electrons. The van der Waals surface area contributed by atoms with Gasteiger partial charge in [0.15, 0.2) is 0 Å². The van der Waals surface area contributed by atoms with E-state index in [1.807, 2.05) is 13.8 Å². The van der Waals surface area contributed by atoms with E-state index >= 15 is 0 Å². The number of nitrogens with zero attached hydrogens (tertiary/aromatic N) is 2. The van der Waals surface area contributed by atoms with Gasteiger partial charge in [-0.3, -0.25) is 9.10 Å². The van der Waals surface area contributed by atoms with Crippen LogP contribution in [0.1, 0.15) is 57.4 Å². The third kappa shape index (κ3) is 6.81. The normalized spacial score (nSPS) is 14.7. The molecular formula is C25H33N3O4S. The number of benzene rings is 2. The molecule has 0 heterocycles. The number of carbonyl (C=O) groups excluding carboxylic acids is 1. The number of para-hydroxylation sites is 2. The molecule has 0 bridgehead atoms. The molecule has 2 aromatic carbocycles. The number of sulfonamides is 1. The van der Waals surface area contributed by atoms with Crippen LogP contribution in [0.3, 0.4) is 0 Å². The maximum Gasteiger partial charge on any atom is 0.264 e. The van der Waals surface area contributed by atoms with Crippen LogP contribution in [-0.2, 0) is 14.8 Å². The van der Waals surface area contributed by atoms with Gasteiger partial charge in [0.1, 0.15) is 12.3 Å². The first-order valence-corrected chi connectivity index (χ1v) is 13.0. The SMILES string of the molecule is CCOc1ccccc1N(CC(=O)NN=C1CCCCCCC1)S(=O)(=O)c1ccc(C)cc1. The Morgan fingerprint density at radius 2 is 1.64 bits per heavy atom. The molecule has 1 aliphatic rings. The molecule has 0 saturated heterocycles. The highest BCUT2D eigenvalue weighted by Crippen LogP contribution is 2.32. The van der Waals surface area contributed by atoms with Crippen LogP contribution in [0.5, 0.6) is 5.75 Å². The molecule has 1 N–H and O–H groups in total. The van der Waals surface area contributed by atoms with Crippen LogP contribution in [0, 0.1) is 6.92 Å². The lowest BCUT2D eigenvalue weighted by Gasteiger charge is -2.25. The number of carbonyl (C=O) groups is 1. The van der Waals surface area contributed by atoms with Crippen molar-refractivity contribution in [1.82, 2.24) is 5.43 Å². The molecule has 3 rings (SSSR count). The van der Waals surface area contributed by atoms with Gasteiger partial charge in [0.25, 0.3) is 15.9 Å². The first-order chi connectivity index (χ1) is 15.9. The largest absolute Gasteiger partial charge is 0.492 e. The van der Waals surface area contributed by atoms with Gasteiger partial charge in [-0.25, -0.2) is 13.8 Å². The Kier molecular flexibility index (Phi) is 8.88. The van der Waals surface area contributed by atoms with Crippen LogP contribution in [0.15, 0.2) is 58.5 Å². The molecule has 1 saturated carbocycles. The molecule has 0 spiro atoms. The van der Waals surface area contributed by atoms with E-state index in [9.17, 15) is 13.2 Å². The van der Waals surface area contributed by atoms with Crippen molar-refractivity contribution in [1.29, 1.82) is 0 Å². The molecule has 0 unspecified atom stereocenters. The predicted octanol–water partition coefficient (Wildman–Crippen LogP) is 4.81. The summed E-state index contributed by atoms with van der Waals surface area (Å²) in [4.78, 5) is 13.0. The van der Waals surface area contributed by atoms with E-state index in [2.05, 4.69) is 10.5 Å². The van der Waals surface area contributed by atoms with E-state index in [1.165, 1.54) is 19.3 Å². The molecule has 178 valence electrons. The molecule has 7 nitrogen and oxygen atoms in total. The first-order valence-electron chi connectivity index (χ1n) is 11.6. The zero-order valence-corrected chi connectivity index (χ0v) is 20.2. The number of anilines is 1. The van der Waals surface area contributed by atoms with Crippen molar-refractivity contribution in [2.75, 3.05) is 17.5 Å². The number of ether oxygens (including phenoxy) is 1. The summed E-state index contributed by atoms with van der Waals surface area (Å²) < 4.78 is 33.9. The molecule has 0 aliphatic heterocycles. The minimum absolute atomic E-state index is 0.110. The van der Waals surface area contributed by atoms with Gasteiger partial charge in [0.2, 0.25) is 0 Å². The Hall–Kier alpha value is -2.87. The lowest BCUT2D eigenvalue weighted by Crippen LogP contribution is -2.40. The average Bonchev–Trinajstić information content (AvgIpc) is 2.78. The van der Waals surface area contributed by atoms with Gasteiger partial charge < -0.3 is 4.74 Å². The Bertz CT molecular complexity index is 1060. The standard InChI is InChI=1S/C25H33N3O4S/c1-3-32-24-14-10-9-13-23(24)28(33(30,31)22-17-15-20(2)16-18-22)19-25(29)27-26-21-11-7-5-4-6-8-12-21/h9-10,13-18H,3-8,11-12,19H2,1-2H3,(H,27,29). The maximum absolute atomic E-state index is 13.6. The summed E-state index contributed by atoms with van der Waals surface area (Å²) in [5, 5.41) is 4.32. The monoisotopic (exact) mass is 471 g/mol. The van der Waals surface area contributed by atoms with Crippen LogP contribution < -0.4 is 14.5 Å². The Labute approximate surface area is 196 Å². The summed E-state index contributed by atoms with van der Waals surface area (Å²) >= 11 is 0. The van der Waals surface area contributed by atoms with Crippen LogP contribution in [0.25, 0.3) is 0 Å². The van der Waals surface area contributed by atoms with Gasteiger partial charge in [-0.05, 0) is 63.8 Å². The van der Waals surface area contributed by atoms with E-state index in [1.54, 1.807) is 48.5 Å². The predicted molar refractivity (Wildman–Crippen MR) is 131 cm³/mol. The lowest BCUT2D eigenvalue weighted by molar-refractivity contribution is -0.119. The summed E-state index contributed by atoms with van der Waals surface area (Å²) in [7, 11) is -4.02. The fourth-order valence-electron chi connectivity index (χ4n) is 3.81. The summed E-state index contributed by atoms with van der Waals surface area (Å²) in [5.41, 5.74) is 4.81. The molecule has 0 atom stereocenters.